The van der Waals surface area contributed by atoms with Crippen molar-refractivity contribution in [1.82, 2.24) is 20.3 Å². The Morgan fingerprint density at radius 2 is 2.12 bits per heavy atom. The summed E-state index contributed by atoms with van der Waals surface area (Å²) in [5.74, 6) is 1.51. The molecule has 3 rings (SSSR count). The first-order valence-electron chi connectivity index (χ1n) is 8.54. The number of amides is 1. The maximum atomic E-state index is 12.5. The lowest BCUT2D eigenvalue weighted by molar-refractivity contribution is 0.0949. The van der Waals surface area contributed by atoms with E-state index in [1.54, 1.807) is 18.0 Å². The molecule has 1 N–H and O–H groups in total. The quantitative estimate of drug-likeness (QED) is 0.484. The normalized spacial score (nSPS) is 10.8. The van der Waals surface area contributed by atoms with Crippen molar-refractivity contribution in [1.29, 1.82) is 0 Å². The van der Waals surface area contributed by atoms with Crippen LogP contribution >= 0.6 is 11.8 Å². The Hall–Kier alpha value is -2.54. The molecule has 2 aromatic heterocycles. The van der Waals surface area contributed by atoms with Gasteiger partial charge in [-0.25, -0.2) is 0 Å². The van der Waals surface area contributed by atoms with Gasteiger partial charge in [-0.15, -0.1) is 11.8 Å². The van der Waals surface area contributed by atoms with Crippen molar-refractivity contribution in [3.05, 3.63) is 65.3 Å². The Labute approximate surface area is 157 Å². The zero-order chi connectivity index (χ0) is 18.4. The molecule has 0 fully saturated rings. The van der Waals surface area contributed by atoms with E-state index in [0.29, 0.717) is 12.1 Å². The van der Waals surface area contributed by atoms with Crippen LogP contribution in [0.1, 0.15) is 33.8 Å². The molecule has 7 heteroatoms. The molecule has 0 spiro atoms. The van der Waals surface area contributed by atoms with Crippen molar-refractivity contribution in [3.63, 3.8) is 0 Å². The number of rotatable bonds is 8. The molecule has 0 aliphatic heterocycles. The van der Waals surface area contributed by atoms with Crippen molar-refractivity contribution in [2.24, 2.45) is 0 Å². The third kappa shape index (κ3) is 4.54. The molecule has 26 heavy (non-hydrogen) atoms. The minimum atomic E-state index is -0.0488. The summed E-state index contributed by atoms with van der Waals surface area (Å²) in [7, 11) is 0. The molecule has 0 unspecified atom stereocenters. The standard InChI is InChI=1S/C19H22N4O2S/c1-14-17(15(2)25-22-14)13-26-18-8-4-3-7-16(18)19(24)20-9-5-11-23-12-6-10-21-23/h3-4,6-8,10,12H,5,9,11,13H2,1-2H3,(H,20,24). The van der Waals surface area contributed by atoms with E-state index in [4.69, 9.17) is 4.52 Å². The van der Waals surface area contributed by atoms with Crippen molar-refractivity contribution in [2.45, 2.75) is 37.5 Å². The summed E-state index contributed by atoms with van der Waals surface area (Å²) in [6, 6.07) is 9.56. The number of aryl methyl sites for hydroxylation is 3. The van der Waals surface area contributed by atoms with Crippen molar-refractivity contribution < 1.29 is 9.32 Å². The largest absolute Gasteiger partial charge is 0.361 e. The average Bonchev–Trinajstić information content (AvgIpc) is 3.27. The molecule has 1 aromatic carbocycles. The summed E-state index contributed by atoms with van der Waals surface area (Å²) in [5, 5.41) is 11.1. The number of benzene rings is 1. The molecule has 1 amide bonds. The van der Waals surface area contributed by atoms with Gasteiger partial charge < -0.3 is 9.84 Å². The maximum absolute atomic E-state index is 12.5. The van der Waals surface area contributed by atoms with Gasteiger partial charge in [0.25, 0.3) is 5.91 Å². The minimum Gasteiger partial charge on any atom is -0.361 e. The van der Waals surface area contributed by atoms with E-state index in [1.807, 2.05) is 55.1 Å². The number of aromatic nitrogens is 3. The van der Waals surface area contributed by atoms with Crippen LogP contribution in [0.3, 0.4) is 0 Å². The van der Waals surface area contributed by atoms with Gasteiger partial charge in [-0.2, -0.15) is 5.10 Å². The van der Waals surface area contributed by atoms with E-state index < -0.39 is 0 Å². The molecule has 6 nitrogen and oxygen atoms in total. The summed E-state index contributed by atoms with van der Waals surface area (Å²) in [4.78, 5) is 13.5. The fourth-order valence-corrected chi connectivity index (χ4v) is 3.81. The smallest absolute Gasteiger partial charge is 0.252 e. The van der Waals surface area contributed by atoms with E-state index in [1.165, 1.54) is 0 Å². The second kappa shape index (κ2) is 8.71. The first-order chi connectivity index (χ1) is 12.6. The molecule has 0 saturated carbocycles. The second-order valence-corrected chi connectivity index (χ2v) is 6.98. The monoisotopic (exact) mass is 370 g/mol. The van der Waals surface area contributed by atoms with E-state index in [9.17, 15) is 4.79 Å². The summed E-state index contributed by atoms with van der Waals surface area (Å²) in [6.45, 7) is 5.25. The fourth-order valence-electron chi connectivity index (χ4n) is 2.61. The predicted octanol–water partition coefficient (Wildman–Crippen LogP) is 3.60. The zero-order valence-electron chi connectivity index (χ0n) is 14.9. The molecular formula is C19H22N4O2S. The number of thioether (sulfide) groups is 1. The Kier molecular flexibility index (Phi) is 6.12. The van der Waals surface area contributed by atoms with Gasteiger partial charge in [0.05, 0.1) is 11.3 Å². The molecule has 0 radical (unpaired) electrons. The van der Waals surface area contributed by atoms with Crippen LogP contribution in [0.25, 0.3) is 0 Å². The summed E-state index contributed by atoms with van der Waals surface area (Å²) in [6.07, 6.45) is 4.51. The molecule has 0 aliphatic rings. The summed E-state index contributed by atoms with van der Waals surface area (Å²) in [5.41, 5.74) is 2.68. The number of nitrogens with one attached hydrogen (secondary N) is 1. The van der Waals surface area contributed by atoms with E-state index in [0.717, 1.165) is 40.6 Å². The zero-order valence-corrected chi connectivity index (χ0v) is 15.8. The van der Waals surface area contributed by atoms with Crippen LogP contribution in [0.15, 0.2) is 52.1 Å². The molecule has 3 aromatic rings. The van der Waals surface area contributed by atoms with Gasteiger partial charge >= 0.3 is 0 Å². The van der Waals surface area contributed by atoms with Crippen molar-refractivity contribution >= 4 is 17.7 Å². The van der Waals surface area contributed by atoms with Crippen LogP contribution < -0.4 is 5.32 Å². The highest BCUT2D eigenvalue weighted by Gasteiger charge is 2.14. The lowest BCUT2D eigenvalue weighted by atomic mass is 10.2. The molecular weight excluding hydrogens is 348 g/mol. The van der Waals surface area contributed by atoms with Gasteiger partial charge in [0, 0.05) is 41.7 Å². The van der Waals surface area contributed by atoms with Crippen LogP contribution in [0.5, 0.6) is 0 Å². The molecule has 0 atom stereocenters. The van der Waals surface area contributed by atoms with Crippen molar-refractivity contribution in [2.75, 3.05) is 6.54 Å². The Morgan fingerprint density at radius 3 is 2.85 bits per heavy atom. The number of carbonyl (C=O) groups excluding carboxylic acids is 1. The highest BCUT2D eigenvalue weighted by atomic mass is 32.2. The van der Waals surface area contributed by atoms with Gasteiger partial charge in [0.1, 0.15) is 5.76 Å². The minimum absolute atomic E-state index is 0.0488. The summed E-state index contributed by atoms with van der Waals surface area (Å²) >= 11 is 1.62. The van der Waals surface area contributed by atoms with Gasteiger partial charge in [-0.05, 0) is 38.5 Å². The number of hydrogen-bond acceptors (Lipinski definition) is 5. The van der Waals surface area contributed by atoms with Gasteiger partial charge in [0.15, 0.2) is 0 Å². The van der Waals surface area contributed by atoms with E-state index >= 15 is 0 Å². The number of carbonyl (C=O) groups is 1. The molecule has 0 saturated heterocycles. The Bertz CT molecular complexity index is 839. The molecule has 2 heterocycles. The molecule has 136 valence electrons. The Balaban J connectivity index is 1.56. The maximum Gasteiger partial charge on any atom is 0.252 e. The fraction of sp³-hybridized carbons (Fsp3) is 0.316. The van der Waals surface area contributed by atoms with Crippen LogP contribution in [0.2, 0.25) is 0 Å². The lowest BCUT2D eigenvalue weighted by Gasteiger charge is -2.10. The highest BCUT2D eigenvalue weighted by molar-refractivity contribution is 7.98. The van der Waals surface area contributed by atoms with Crippen LogP contribution in [-0.2, 0) is 12.3 Å². The SMILES string of the molecule is Cc1noc(C)c1CSc1ccccc1C(=O)NCCCn1cccn1. The predicted molar refractivity (Wildman–Crippen MR) is 101 cm³/mol. The molecule has 0 aliphatic carbocycles. The highest BCUT2D eigenvalue weighted by Crippen LogP contribution is 2.28. The van der Waals surface area contributed by atoms with Crippen LogP contribution in [0.4, 0.5) is 0 Å². The van der Waals surface area contributed by atoms with E-state index in [-0.39, 0.29) is 5.91 Å². The third-order valence-corrected chi connectivity index (χ3v) is 5.19. The van der Waals surface area contributed by atoms with Crippen LogP contribution in [0, 0.1) is 13.8 Å². The summed E-state index contributed by atoms with van der Waals surface area (Å²) < 4.78 is 7.07. The number of nitrogens with zero attached hydrogens (tertiary/aromatic N) is 3. The Morgan fingerprint density at radius 1 is 1.27 bits per heavy atom. The lowest BCUT2D eigenvalue weighted by Crippen LogP contribution is -2.25. The molecule has 0 bridgehead atoms. The topological polar surface area (TPSA) is 73.0 Å². The first kappa shape index (κ1) is 18.3. The third-order valence-electron chi connectivity index (χ3n) is 4.09. The van der Waals surface area contributed by atoms with Gasteiger partial charge in [-0.1, -0.05) is 17.3 Å². The van der Waals surface area contributed by atoms with Gasteiger partial charge in [-0.3, -0.25) is 9.48 Å². The number of hydrogen-bond donors (Lipinski definition) is 1. The van der Waals surface area contributed by atoms with Gasteiger partial charge in [0.2, 0.25) is 0 Å². The van der Waals surface area contributed by atoms with E-state index in [2.05, 4.69) is 15.6 Å². The second-order valence-electron chi connectivity index (χ2n) is 5.97. The average molecular weight is 370 g/mol. The van der Waals surface area contributed by atoms with Crippen molar-refractivity contribution in [3.8, 4) is 0 Å². The first-order valence-corrected chi connectivity index (χ1v) is 9.53. The van der Waals surface area contributed by atoms with Crippen LogP contribution in [-0.4, -0.2) is 27.4 Å².